The molecule has 0 N–H and O–H groups in total. The van der Waals surface area contributed by atoms with Crippen molar-refractivity contribution in [3.63, 3.8) is 0 Å². The third-order valence-electron chi connectivity index (χ3n) is 2.15. The van der Waals surface area contributed by atoms with Crippen LogP contribution in [0.2, 0.25) is 5.02 Å². The predicted molar refractivity (Wildman–Crippen MR) is 61.4 cm³/mol. The minimum atomic E-state index is -0.403. The average Bonchev–Trinajstić information content (AvgIpc) is 2.30. The predicted octanol–water partition coefficient (Wildman–Crippen LogP) is 2.67. The van der Waals surface area contributed by atoms with Gasteiger partial charge in [-0.25, -0.2) is 0 Å². The first-order chi connectivity index (χ1) is 7.63. The fourth-order valence-electron chi connectivity index (χ4n) is 1.32. The van der Waals surface area contributed by atoms with Crippen molar-refractivity contribution < 1.29 is 9.53 Å². The van der Waals surface area contributed by atoms with Crippen molar-refractivity contribution in [1.82, 2.24) is 0 Å². The zero-order valence-electron chi connectivity index (χ0n) is 8.59. The molecule has 0 bridgehead atoms. The fraction of sp³-hybridized carbons (Fsp3) is 0.273. The number of nitrogens with zero attached hydrogens (tertiary/aromatic N) is 1. The molecule has 0 spiro atoms. The fourth-order valence-corrected chi connectivity index (χ4v) is 1.89. The van der Waals surface area contributed by atoms with E-state index in [9.17, 15) is 4.79 Å². The van der Waals surface area contributed by atoms with Crippen LogP contribution in [0.3, 0.4) is 0 Å². The van der Waals surface area contributed by atoms with E-state index in [1.807, 2.05) is 6.07 Å². The van der Waals surface area contributed by atoms with Crippen molar-refractivity contribution in [2.75, 3.05) is 7.11 Å². The zero-order chi connectivity index (χ0) is 12.1. The van der Waals surface area contributed by atoms with Gasteiger partial charge in [0.1, 0.15) is 0 Å². The summed E-state index contributed by atoms with van der Waals surface area (Å²) in [6, 6.07) is 5.26. The second-order valence-electron chi connectivity index (χ2n) is 3.06. The maximum absolute atomic E-state index is 11.1. The van der Waals surface area contributed by atoms with E-state index < -0.39 is 5.97 Å². The van der Waals surface area contributed by atoms with E-state index in [4.69, 9.17) is 28.5 Å². The molecule has 16 heavy (non-hydrogen) atoms. The van der Waals surface area contributed by atoms with Crippen molar-refractivity contribution in [3.8, 4) is 6.07 Å². The Hall–Kier alpha value is -1.24. The number of carbonyl (C=O) groups is 1. The first kappa shape index (κ1) is 12.8. The van der Waals surface area contributed by atoms with Gasteiger partial charge in [-0.1, -0.05) is 17.7 Å². The monoisotopic (exact) mass is 257 g/mol. The molecular formula is C11H9Cl2NO2. The van der Waals surface area contributed by atoms with Gasteiger partial charge in [0.15, 0.2) is 0 Å². The van der Waals surface area contributed by atoms with Crippen LogP contribution in [0.5, 0.6) is 0 Å². The molecule has 0 radical (unpaired) electrons. The number of ether oxygens (including phenoxy) is 1. The third-order valence-corrected chi connectivity index (χ3v) is 2.77. The van der Waals surface area contributed by atoms with Gasteiger partial charge in [-0.05, 0) is 11.6 Å². The third kappa shape index (κ3) is 2.66. The van der Waals surface area contributed by atoms with Gasteiger partial charge in [0.2, 0.25) is 0 Å². The summed E-state index contributed by atoms with van der Waals surface area (Å²) in [5, 5.41) is 9.45. The molecule has 0 amide bonds. The van der Waals surface area contributed by atoms with Gasteiger partial charge in [0.05, 0.1) is 31.0 Å². The number of hydrogen-bond donors (Lipinski definition) is 0. The maximum Gasteiger partial charge on any atom is 0.310 e. The first-order valence-electron chi connectivity index (χ1n) is 4.47. The van der Waals surface area contributed by atoms with E-state index in [0.29, 0.717) is 21.7 Å². The average molecular weight is 258 g/mol. The number of nitriles is 1. The molecule has 1 aromatic rings. The Bertz CT molecular complexity index is 452. The lowest BCUT2D eigenvalue weighted by atomic mass is 10.0. The van der Waals surface area contributed by atoms with E-state index in [0.717, 1.165) is 0 Å². The smallest absolute Gasteiger partial charge is 0.310 e. The molecule has 0 unspecified atom stereocenters. The van der Waals surface area contributed by atoms with Gasteiger partial charge < -0.3 is 4.74 Å². The van der Waals surface area contributed by atoms with Gasteiger partial charge in [-0.2, -0.15) is 5.26 Å². The van der Waals surface area contributed by atoms with Crippen LogP contribution >= 0.6 is 23.2 Å². The lowest BCUT2D eigenvalue weighted by molar-refractivity contribution is -0.139. The molecule has 0 aromatic heterocycles. The highest BCUT2D eigenvalue weighted by Gasteiger charge is 2.14. The summed E-state index contributed by atoms with van der Waals surface area (Å²) in [6.45, 7) is 0. The van der Waals surface area contributed by atoms with Gasteiger partial charge in [0.25, 0.3) is 0 Å². The van der Waals surface area contributed by atoms with Crippen LogP contribution in [0.15, 0.2) is 12.1 Å². The molecule has 5 heteroatoms. The van der Waals surface area contributed by atoms with Crippen LogP contribution in [0.25, 0.3) is 0 Å². The lowest BCUT2D eigenvalue weighted by Crippen LogP contribution is -2.07. The number of alkyl halides is 1. The Morgan fingerprint density at radius 1 is 1.56 bits per heavy atom. The van der Waals surface area contributed by atoms with E-state index in [-0.39, 0.29) is 12.3 Å². The molecule has 0 heterocycles. The number of halogens is 2. The lowest BCUT2D eigenvalue weighted by Gasteiger charge is -2.08. The Balaban J connectivity index is 3.21. The van der Waals surface area contributed by atoms with Gasteiger partial charge in [-0.3, -0.25) is 4.79 Å². The van der Waals surface area contributed by atoms with Crippen LogP contribution in [0.4, 0.5) is 0 Å². The number of esters is 1. The van der Waals surface area contributed by atoms with Crippen molar-refractivity contribution in [2.24, 2.45) is 0 Å². The maximum atomic E-state index is 11.1. The highest BCUT2D eigenvalue weighted by atomic mass is 35.5. The summed E-state index contributed by atoms with van der Waals surface area (Å²) in [5.41, 5.74) is 1.48. The Kier molecular flexibility index (Phi) is 4.60. The number of carbonyl (C=O) groups excluding carboxylic acids is 1. The first-order valence-corrected chi connectivity index (χ1v) is 5.38. The SMILES string of the molecule is COC(=O)Cc1ccc(Cl)c(CCl)c1C#N. The summed E-state index contributed by atoms with van der Waals surface area (Å²) in [7, 11) is 1.30. The van der Waals surface area contributed by atoms with E-state index in [1.165, 1.54) is 7.11 Å². The van der Waals surface area contributed by atoms with Crippen LogP contribution in [-0.4, -0.2) is 13.1 Å². The highest BCUT2D eigenvalue weighted by Crippen LogP contribution is 2.25. The standard InChI is InChI=1S/C11H9Cl2NO2/c1-16-11(15)4-7-2-3-10(13)8(5-12)9(7)6-14/h2-3H,4-5H2,1H3. The zero-order valence-corrected chi connectivity index (χ0v) is 10.1. The second-order valence-corrected chi connectivity index (χ2v) is 3.73. The van der Waals surface area contributed by atoms with Crippen LogP contribution in [-0.2, 0) is 21.8 Å². The quantitative estimate of drug-likeness (QED) is 0.618. The molecule has 0 saturated heterocycles. The van der Waals surface area contributed by atoms with E-state index in [1.54, 1.807) is 12.1 Å². The Labute approximate surface area is 104 Å². The molecule has 0 aliphatic rings. The highest BCUT2D eigenvalue weighted by molar-refractivity contribution is 6.32. The van der Waals surface area contributed by atoms with Gasteiger partial charge in [0, 0.05) is 10.6 Å². The molecule has 0 aliphatic heterocycles. The van der Waals surface area contributed by atoms with E-state index in [2.05, 4.69) is 4.74 Å². The minimum absolute atomic E-state index is 0.0421. The largest absolute Gasteiger partial charge is 0.469 e. The Morgan fingerprint density at radius 3 is 2.75 bits per heavy atom. The molecule has 1 aromatic carbocycles. The molecule has 0 fully saturated rings. The summed E-state index contributed by atoms with van der Waals surface area (Å²) in [5.74, 6) is -0.268. The topological polar surface area (TPSA) is 50.1 Å². The van der Waals surface area contributed by atoms with Crippen LogP contribution in [0.1, 0.15) is 16.7 Å². The molecule has 84 valence electrons. The van der Waals surface area contributed by atoms with Crippen molar-refractivity contribution >= 4 is 29.2 Å². The van der Waals surface area contributed by atoms with Crippen LogP contribution < -0.4 is 0 Å². The molecule has 1 rings (SSSR count). The number of hydrogen-bond acceptors (Lipinski definition) is 3. The van der Waals surface area contributed by atoms with Crippen molar-refractivity contribution in [2.45, 2.75) is 12.3 Å². The minimum Gasteiger partial charge on any atom is -0.469 e. The second kappa shape index (κ2) is 5.74. The summed E-state index contributed by atoms with van der Waals surface area (Å²) in [4.78, 5) is 11.1. The van der Waals surface area contributed by atoms with Crippen molar-refractivity contribution in [3.05, 3.63) is 33.8 Å². The number of rotatable bonds is 3. The molecule has 0 atom stereocenters. The van der Waals surface area contributed by atoms with Crippen LogP contribution in [0, 0.1) is 11.3 Å². The van der Waals surface area contributed by atoms with Gasteiger partial charge in [-0.15, -0.1) is 11.6 Å². The van der Waals surface area contributed by atoms with E-state index >= 15 is 0 Å². The molecule has 0 aliphatic carbocycles. The molecular weight excluding hydrogens is 249 g/mol. The number of methoxy groups -OCH3 is 1. The number of benzene rings is 1. The van der Waals surface area contributed by atoms with Crippen molar-refractivity contribution in [1.29, 1.82) is 5.26 Å². The normalized spacial score (nSPS) is 9.62. The summed E-state index contributed by atoms with van der Waals surface area (Å²) < 4.78 is 4.54. The molecule has 3 nitrogen and oxygen atoms in total. The van der Waals surface area contributed by atoms with Gasteiger partial charge >= 0.3 is 5.97 Å². The molecule has 0 saturated carbocycles. The Morgan fingerprint density at radius 2 is 2.25 bits per heavy atom. The summed E-state index contributed by atoms with van der Waals surface area (Å²) in [6.07, 6.45) is 0.0421. The summed E-state index contributed by atoms with van der Waals surface area (Å²) >= 11 is 11.6.